The van der Waals surface area contributed by atoms with E-state index in [0.29, 0.717) is 12.5 Å². The topological polar surface area (TPSA) is 35.2 Å². The molecule has 0 saturated heterocycles. The zero-order chi connectivity index (χ0) is 10.6. The Kier molecular flexibility index (Phi) is 4.19. The highest BCUT2D eigenvalue weighted by Gasteiger charge is 2.38. The molecular weight excluding hydrogens is 195 g/mol. The van der Waals surface area contributed by atoms with Crippen molar-refractivity contribution >= 4 is 0 Å². The average molecular weight is 211 g/mol. The lowest BCUT2D eigenvalue weighted by Gasteiger charge is -2.18. The second-order valence-electron chi connectivity index (χ2n) is 3.78. The van der Waals surface area contributed by atoms with E-state index in [1.165, 1.54) is 12.8 Å². The van der Waals surface area contributed by atoms with Gasteiger partial charge in [-0.25, -0.2) is 0 Å². The highest BCUT2D eigenvalue weighted by Crippen LogP contribution is 2.32. The number of hydrogen-bond acceptors (Lipinski definition) is 2. The number of nitrogens with two attached hydrogens (primary N) is 1. The summed E-state index contributed by atoms with van der Waals surface area (Å²) < 4.78 is 41.4. The smallest absolute Gasteiger partial charge is 0.381 e. The van der Waals surface area contributed by atoms with Crippen molar-refractivity contribution in [2.24, 2.45) is 17.6 Å². The van der Waals surface area contributed by atoms with E-state index in [1.54, 1.807) is 0 Å². The molecular formula is C9H16F3NO. The van der Waals surface area contributed by atoms with Crippen LogP contribution >= 0.6 is 0 Å². The van der Waals surface area contributed by atoms with Crippen LogP contribution in [-0.4, -0.2) is 25.9 Å². The second-order valence-corrected chi connectivity index (χ2v) is 3.78. The Hall–Kier alpha value is -0.290. The van der Waals surface area contributed by atoms with E-state index in [-0.39, 0.29) is 6.61 Å². The zero-order valence-electron chi connectivity index (χ0n) is 8.02. The van der Waals surface area contributed by atoms with E-state index in [1.807, 2.05) is 0 Å². The molecule has 2 N–H and O–H groups in total. The fourth-order valence-electron chi connectivity index (χ4n) is 1.18. The summed E-state index contributed by atoms with van der Waals surface area (Å²) in [7, 11) is 0. The number of halogens is 3. The van der Waals surface area contributed by atoms with Gasteiger partial charge in [0, 0.05) is 13.2 Å². The highest BCUT2D eigenvalue weighted by molar-refractivity contribution is 4.73. The fourth-order valence-corrected chi connectivity index (χ4v) is 1.18. The maximum Gasteiger partial charge on any atom is 0.395 e. The molecule has 0 aromatic carbocycles. The van der Waals surface area contributed by atoms with Crippen LogP contribution in [0.25, 0.3) is 0 Å². The van der Waals surface area contributed by atoms with Gasteiger partial charge in [-0.2, -0.15) is 13.2 Å². The molecule has 1 aliphatic carbocycles. The lowest BCUT2D eigenvalue weighted by Crippen LogP contribution is -2.34. The molecule has 0 bridgehead atoms. The summed E-state index contributed by atoms with van der Waals surface area (Å²) in [5.41, 5.74) is 5.01. The van der Waals surface area contributed by atoms with Crippen molar-refractivity contribution in [3.05, 3.63) is 0 Å². The van der Waals surface area contributed by atoms with Crippen LogP contribution in [0.15, 0.2) is 0 Å². The molecule has 5 heteroatoms. The van der Waals surface area contributed by atoms with Crippen molar-refractivity contribution < 1.29 is 17.9 Å². The van der Waals surface area contributed by atoms with Crippen LogP contribution in [0, 0.1) is 11.8 Å². The van der Waals surface area contributed by atoms with Gasteiger partial charge >= 0.3 is 6.18 Å². The lowest BCUT2D eigenvalue weighted by molar-refractivity contribution is -0.185. The Morgan fingerprint density at radius 2 is 2.00 bits per heavy atom. The van der Waals surface area contributed by atoms with Gasteiger partial charge in [0.25, 0.3) is 0 Å². The van der Waals surface area contributed by atoms with Gasteiger partial charge in [-0.05, 0) is 12.3 Å². The van der Waals surface area contributed by atoms with E-state index in [0.717, 1.165) is 6.42 Å². The lowest BCUT2D eigenvalue weighted by atomic mass is 10.1. The van der Waals surface area contributed by atoms with Crippen molar-refractivity contribution in [3.63, 3.8) is 0 Å². The summed E-state index contributed by atoms with van der Waals surface area (Å²) in [6.07, 6.45) is -0.949. The third kappa shape index (κ3) is 4.28. The predicted octanol–water partition coefficient (Wildman–Crippen LogP) is 1.94. The van der Waals surface area contributed by atoms with Gasteiger partial charge in [0.15, 0.2) is 0 Å². The largest absolute Gasteiger partial charge is 0.395 e. The molecule has 1 aliphatic rings. The average Bonchev–Trinajstić information content (AvgIpc) is 2.85. The van der Waals surface area contributed by atoms with Crippen LogP contribution in [0.1, 0.15) is 19.3 Å². The molecule has 1 atom stereocenters. The van der Waals surface area contributed by atoms with Crippen molar-refractivity contribution in [1.82, 2.24) is 0 Å². The summed E-state index contributed by atoms with van der Waals surface area (Å²) in [5, 5.41) is 0. The first kappa shape index (κ1) is 11.8. The maximum atomic E-state index is 12.2. The third-order valence-electron chi connectivity index (χ3n) is 2.43. The Morgan fingerprint density at radius 1 is 1.36 bits per heavy atom. The van der Waals surface area contributed by atoms with Gasteiger partial charge in [0.2, 0.25) is 0 Å². The van der Waals surface area contributed by atoms with E-state index in [4.69, 9.17) is 10.5 Å². The molecule has 0 spiro atoms. The number of ether oxygens (including phenoxy) is 1. The molecule has 0 radical (unpaired) electrons. The van der Waals surface area contributed by atoms with Gasteiger partial charge in [-0.15, -0.1) is 0 Å². The first-order valence-electron chi connectivity index (χ1n) is 4.88. The fraction of sp³-hybridized carbons (Fsp3) is 1.00. The molecule has 0 aliphatic heterocycles. The summed E-state index contributed by atoms with van der Waals surface area (Å²) in [5.74, 6) is -0.820. The van der Waals surface area contributed by atoms with Crippen molar-refractivity contribution in [2.45, 2.75) is 25.4 Å². The first-order valence-corrected chi connectivity index (χ1v) is 4.88. The second kappa shape index (κ2) is 4.98. The standard InChI is InChI=1S/C9H16F3NO/c10-9(11,12)8(5-13)6-14-4-3-7-1-2-7/h7-8H,1-6,13H2. The molecule has 1 rings (SSSR count). The van der Waals surface area contributed by atoms with Gasteiger partial charge < -0.3 is 10.5 Å². The monoisotopic (exact) mass is 211 g/mol. The molecule has 14 heavy (non-hydrogen) atoms. The molecule has 1 saturated carbocycles. The SMILES string of the molecule is NCC(COCCC1CC1)C(F)(F)F. The third-order valence-corrected chi connectivity index (χ3v) is 2.43. The molecule has 0 amide bonds. The Bertz CT molecular complexity index is 168. The Labute approximate surface area is 81.6 Å². The van der Waals surface area contributed by atoms with Crippen LogP contribution < -0.4 is 5.73 Å². The van der Waals surface area contributed by atoms with E-state index in [9.17, 15) is 13.2 Å². The maximum absolute atomic E-state index is 12.2. The molecule has 1 unspecified atom stereocenters. The van der Waals surface area contributed by atoms with Gasteiger partial charge in [-0.1, -0.05) is 12.8 Å². The van der Waals surface area contributed by atoms with Crippen molar-refractivity contribution in [1.29, 1.82) is 0 Å². The van der Waals surface area contributed by atoms with Gasteiger partial charge in [-0.3, -0.25) is 0 Å². The summed E-state index contributed by atoms with van der Waals surface area (Å²) in [6.45, 7) is -0.267. The minimum absolute atomic E-state index is 0.299. The van der Waals surface area contributed by atoms with Crippen molar-refractivity contribution in [2.75, 3.05) is 19.8 Å². The van der Waals surface area contributed by atoms with Crippen LogP contribution in [-0.2, 0) is 4.74 Å². The normalized spacial score (nSPS) is 19.7. The Morgan fingerprint density at radius 3 is 2.43 bits per heavy atom. The minimum Gasteiger partial charge on any atom is -0.381 e. The quantitative estimate of drug-likeness (QED) is 0.681. The van der Waals surface area contributed by atoms with Crippen LogP contribution in [0.4, 0.5) is 13.2 Å². The zero-order valence-corrected chi connectivity index (χ0v) is 8.02. The summed E-state index contributed by atoms with van der Waals surface area (Å²) in [6, 6.07) is 0. The van der Waals surface area contributed by atoms with E-state index in [2.05, 4.69) is 0 Å². The molecule has 1 fully saturated rings. The van der Waals surface area contributed by atoms with E-state index >= 15 is 0 Å². The summed E-state index contributed by atoms with van der Waals surface area (Å²) >= 11 is 0. The van der Waals surface area contributed by atoms with Gasteiger partial charge in [0.1, 0.15) is 0 Å². The summed E-state index contributed by atoms with van der Waals surface area (Å²) in [4.78, 5) is 0. The number of hydrogen-bond donors (Lipinski definition) is 1. The van der Waals surface area contributed by atoms with Gasteiger partial charge in [0.05, 0.1) is 12.5 Å². The number of rotatable bonds is 6. The van der Waals surface area contributed by atoms with Crippen LogP contribution in [0.3, 0.4) is 0 Å². The van der Waals surface area contributed by atoms with Crippen LogP contribution in [0.2, 0.25) is 0 Å². The minimum atomic E-state index is -4.23. The van der Waals surface area contributed by atoms with E-state index < -0.39 is 18.6 Å². The molecule has 0 aromatic rings. The highest BCUT2D eigenvalue weighted by atomic mass is 19.4. The molecule has 0 aromatic heterocycles. The van der Waals surface area contributed by atoms with Crippen LogP contribution in [0.5, 0.6) is 0 Å². The Balaban J connectivity index is 2.07. The molecule has 0 heterocycles. The number of alkyl halides is 3. The van der Waals surface area contributed by atoms with Crippen molar-refractivity contribution in [3.8, 4) is 0 Å². The molecule has 84 valence electrons. The molecule has 2 nitrogen and oxygen atoms in total. The first-order chi connectivity index (χ1) is 6.54. The predicted molar refractivity (Wildman–Crippen MR) is 46.8 cm³/mol.